The second kappa shape index (κ2) is 8.73. The highest BCUT2D eigenvalue weighted by molar-refractivity contribution is 5.81. The predicted octanol–water partition coefficient (Wildman–Crippen LogP) is 1.26. The van der Waals surface area contributed by atoms with Gasteiger partial charge in [0.05, 0.1) is 37.1 Å². The maximum atomic E-state index is 12.5. The number of hydrogen-bond donors (Lipinski definition) is 1. The summed E-state index contributed by atoms with van der Waals surface area (Å²) in [6, 6.07) is 1.91. The maximum Gasteiger partial charge on any atom is 0.319 e. The van der Waals surface area contributed by atoms with Crippen molar-refractivity contribution in [2.24, 2.45) is 0 Å². The summed E-state index contributed by atoms with van der Waals surface area (Å²) in [7, 11) is 3.53. The average Bonchev–Trinajstić information content (AvgIpc) is 2.87. The van der Waals surface area contributed by atoms with Crippen LogP contribution < -0.4 is 5.32 Å². The molecule has 0 aliphatic carbocycles. The first kappa shape index (κ1) is 19.7. The van der Waals surface area contributed by atoms with Crippen LogP contribution in [0.5, 0.6) is 0 Å². The molecule has 2 aliphatic rings. The number of carbonyl (C=O) groups is 2. The molecule has 3 amide bonds. The summed E-state index contributed by atoms with van der Waals surface area (Å²) in [6.07, 6.45) is 4.87. The van der Waals surface area contributed by atoms with E-state index in [2.05, 4.69) is 15.3 Å². The molecule has 1 N–H and O–H groups in total. The lowest BCUT2D eigenvalue weighted by Gasteiger charge is -2.29. The quantitative estimate of drug-likeness (QED) is 0.859. The third-order valence-electron chi connectivity index (χ3n) is 5.51. The van der Waals surface area contributed by atoms with Crippen LogP contribution in [0.25, 0.3) is 0 Å². The summed E-state index contributed by atoms with van der Waals surface area (Å²) in [5.41, 5.74) is 1.86. The minimum Gasteiger partial charge on any atom is -0.349 e. The highest BCUT2D eigenvalue weighted by Crippen LogP contribution is 2.15. The van der Waals surface area contributed by atoms with E-state index in [1.807, 2.05) is 22.6 Å². The smallest absolute Gasteiger partial charge is 0.319 e. The van der Waals surface area contributed by atoms with E-state index in [1.165, 1.54) is 25.7 Å². The Bertz CT molecular complexity index is 663. The van der Waals surface area contributed by atoms with Gasteiger partial charge in [0, 0.05) is 20.6 Å². The second-order valence-electron chi connectivity index (χ2n) is 7.79. The lowest BCUT2D eigenvalue weighted by molar-refractivity contribution is -0.126. The fraction of sp³-hybridized carbons (Fsp3) is 0.737. The normalized spacial score (nSPS) is 19.1. The van der Waals surface area contributed by atoms with Crippen LogP contribution in [0.15, 0.2) is 6.07 Å². The van der Waals surface area contributed by atoms with Crippen molar-refractivity contribution in [1.29, 1.82) is 0 Å². The van der Waals surface area contributed by atoms with E-state index in [0.29, 0.717) is 26.2 Å². The minimum absolute atomic E-state index is 0.0172. The number of nitrogens with zero attached hydrogens (tertiary/aromatic N) is 5. The number of nitrogens with one attached hydrogen (secondary N) is 1. The molecule has 0 saturated carbocycles. The summed E-state index contributed by atoms with van der Waals surface area (Å²) in [5.74, 6) is 0.0623. The zero-order valence-electron chi connectivity index (χ0n) is 16.8. The molecule has 1 saturated heterocycles. The first-order valence-corrected chi connectivity index (χ1v) is 9.99. The number of amides is 3. The van der Waals surface area contributed by atoms with Crippen LogP contribution in [0.1, 0.15) is 44.0 Å². The summed E-state index contributed by atoms with van der Waals surface area (Å²) in [6.45, 7) is 6.33. The molecule has 150 valence electrons. The Balaban J connectivity index is 1.53. The van der Waals surface area contributed by atoms with E-state index in [4.69, 9.17) is 0 Å². The van der Waals surface area contributed by atoms with Crippen LogP contribution >= 0.6 is 0 Å². The molecule has 27 heavy (non-hydrogen) atoms. The molecule has 1 aromatic rings. The zero-order chi connectivity index (χ0) is 19.4. The van der Waals surface area contributed by atoms with Gasteiger partial charge in [0.2, 0.25) is 5.91 Å². The summed E-state index contributed by atoms with van der Waals surface area (Å²) >= 11 is 0. The average molecular weight is 377 g/mol. The molecule has 0 spiro atoms. The van der Waals surface area contributed by atoms with Crippen LogP contribution in [-0.4, -0.2) is 76.2 Å². The molecule has 8 nitrogen and oxygen atoms in total. The Kier molecular flexibility index (Phi) is 6.36. The van der Waals surface area contributed by atoms with Gasteiger partial charge in [0.25, 0.3) is 0 Å². The van der Waals surface area contributed by atoms with Crippen LogP contribution in [0.3, 0.4) is 0 Å². The van der Waals surface area contributed by atoms with Crippen LogP contribution in [0.2, 0.25) is 0 Å². The first-order valence-electron chi connectivity index (χ1n) is 9.99. The molecule has 0 bridgehead atoms. The Morgan fingerprint density at radius 2 is 1.85 bits per heavy atom. The van der Waals surface area contributed by atoms with Crippen molar-refractivity contribution in [2.75, 3.05) is 33.7 Å². The van der Waals surface area contributed by atoms with Crippen molar-refractivity contribution >= 4 is 11.9 Å². The number of likely N-dealkylation sites (tertiary alicyclic amines) is 1. The topological polar surface area (TPSA) is 73.7 Å². The predicted molar refractivity (Wildman–Crippen MR) is 103 cm³/mol. The monoisotopic (exact) mass is 376 g/mol. The van der Waals surface area contributed by atoms with Gasteiger partial charge in [-0.1, -0.05) is 12.8 Å². The van der Waals surface area contributed by atoms with Crippen LogP contribution in [-0.2, 0) is 24.4 Å². The molecule has 8 heteroatoms. The fourth-order valence-electron chi connectivity index (χ4n) is 3.83. The van der Waals surface area contributed by atoms with Gasteiger partial charge < -0.3 is 15.1 Å². The summed E-state index contributed by atoms with van der Waals surface area (Å²) in [5, 5.41) is 7.62. The molecular weight excluding hydrogens is 344 g/mol. The van der Waals surface area contributed by atoms with E-state index in [9.17, 15) is 9.59 Å². The Morgan fingerprint density at radius 1 is 1.15 bits per heavy atom. The van der Waals surface area contributed by atoms with E-state index in [-0.39, 0.29) is 18.0 Å². The molecule has 1 atom stereocenters. The van der Waals surface area contributed by atoms with Crippen LogP contribution in [0, 0.1) is 0 Å². The third kappa shape index (κ3) is 4.80. The van der Waals surface area contributed by atoms with Gasteiger partial charge in [-0.3, -0.25) is 14.4 Å². The molecule has 1 fully saturated rings. The highest BCUT2D eigenvalue weighted by Gasteiger charge is 2.24. The maximum absolute atomic E-state index is 12.5. The van der Waals surface area contributed by atoms with Crippen molar-refractivity contribution < 1.29 is 9.59 Å². The van der Waals surface area contributed by atoms with Crippen molar-refractivity contribution in [2.45, 2.75) is 58.3 Å². The van der Waals surface area contributed by atoms with Gasteiger partial charge in [-0.25, -0.2) is 4.79 Å². The summed E-state index contributed by atoms with van der Waals surface area (Å²) < 4.78 is 1.94. The summed E-state index contributed by atoms with van der Waals surface area (Å²) in [4.78, 5) is 30.4. The van der Waals surface area contributed by atoms with Crippen molar-refractivity contribution in [3.8, 4) is 0 Å². The second-order valence-corrected chi connectivity index (χ2v) is 7.79. The molecule has 0 unspecified atom stereocenters. The number of rotatable bonds is 4. The van der Waals surface area contributed by atoms with Crippen molar-refractivity contribution in [3.63, 3.8) is 0 Å². The zero-order valence-corrected chi connectivity index (χ0v) is 16.8. The lowest BCUT2D eigenvalue weighted by atomic mass is 10.2. The van der Waals surface area contributed by atoms with Gasteiger partial charge in [-0.2, -0.15) is 5.10 Å². The molecule has 0 aromatic carbocycles. The SMILES string of the molecule is C[C@@H](C(=O)NCc1cc2n(n1)CCN(C(=O)N(C)C)C2)N1CCCCCC1. The largest absolute Gasteiger partial charge is 0.349 e. The number of aromatic nitrogens is 2. The van der Waals surface area contributed by atoms with Crippen molar-refractivity contribution in [1.82, 2.24) is 29.8 Å². The molecule has 3 rings (SSSR count). The number of hydrogen-bond acceptors (Lipinski definition) is 4. The van der Waals surface area contributed by atoms with Gasteiger partial charge in [0.15, 0.2) is 0 Å². The van der Waals surface area contributed by atoms with E-state index >= 15 is 0 Å². The van der Waals surface area contributed by atoms with E-state index in [0.717, 1.165) is 24.5 Å². The molecule has 2 aliphatic heterocycles. The van der Waals surface area contributed by atoms with Crippen LogP contribution in [0.4, 0.5) is 4.79 Å². The Morgan fingerprint density at radius 3 is 2.52 bits per heavy atom. The number of fused-ring (bicyclic) bond motifs is 1. The first-order chi connectivity index (χ1) is 13.0. The van der Waals surface area contributed by atoms with Gasteiger partial charge in [0.1, 0.15) is 0 Å². The lowest BCUT2D eigenvalue weighted by Crippen LogP contribution is -2.45. The van der Waals surface area contributed by atoms with Gasteiger partial charge >= 0.3 is 6.03 Å². The molecule has 3 heterocycles. The minimum atomic E-state index is -0.103. The van der Waals surface area contributed by atoms with Gasteiger partial charge in [-0.15, -0.1) is 0 Å². The number of urea groups is 1. The van der Waals surface area contributed by atoms with Gasteiger partial charge in [-0.05, 0) is 38.9 Å². The molecule has 0 radical (unpaired) electrons. The fourth-order valence-corrected chi connectivity index (χ4v) is 3.83. The standard InChI is InChI=1S/C19H32N6O2/c1-15(23-8-6-4-5-7-9-23)18(26)20-13-16-12-17-14-24(19(27)22(2)3)10-11-25(17)21-16/h12,15H,4-11,13-14H2,1-3H3,(H,20,26)/t15-/m0/s1. The van der Waals surface area contributed by atoms with E-state index < -0.39 is 0 Å². The highest BCUT2D eigenvalue weighted by atomic mass is 16.2. The van der Waals surface area contributed by atoms with E-state index in [1.54, 1.807) is 19.0 Å². The Hall–Kier alpha value is -2.09. The third-order valence-corrected chi connectivity index (χ3v) is 5.51. The Labute approximate surface area is 161 Å². The molecular formula is C19H32N6O2. The molecule has 1 aromatic heterocycles. The van der Waals surface area contributed by atoms with Crippen molar-refractivity contribution in [3.05, 3.63) is 17.5 Å². The number of carbonyl (C=O) groups excluding carboxylic acids is 2.